The van der Waals surface area contributed by atoms with E-state index in [9.17, 15) is 18.0 Å². The Morgan fingerprint density at radius 1 is 0.968 bits per heavy atom. The number of amides is 1. The summed E-state index contributed by atoms with van der Waals surface area (Å²) in [5.74, 6) is -0.262. The Morgan fingerprint density at radius 3 is 2.29 bits per heavy atom. The molecule has 0 spiro atoms. The maximum absolute atomic E-state index is 13.3. The number of aromatic nitrogens is 4. The fraction of sp³-hybridized carbons (Fsp3) is 0.0909. The van der Waals surface area contributed by atoms with Crippen LogP contribution >= 0.6 is 0 Å². The zero-order valence-electron chi connectivity index (χ0n) is 16.3. The number of benzene rings is 1. The predicted octanol–water partition coefficient (Wildman–Crippen LogP) is 4.62. The molecule has 0 fully saturated rings. The minimum absolute atomic E-state index is 0.244. The minimum Gasteiger partial charge on any atom is -0.311 e. The Hall–Kier alpha value is -4.01. The van der Waals surface area contributed by atoms with Gasteiger partial charge in [-0.1, -0.05) is 0 Å². The first-order valence-electron chi connectivity index (χ1n) is 9.21. The molecular formula is C22H16F3N5O. The lowest BCUT2D eigenvalue weighted by molar-refractivity contribution is -0.141. The van der Waals surface area contributed by atoms with Crippen LogP contribution in [0, 0.1) is 0 Å². The van der Waals surface area contributed by atoms with E-state index in [4.69, 9.17) is 0 Å². The summed E-state index contributed by atoms with van der Waals surface area (Å²) in [7, 11) is 1.63. The molecule has 0 radical (unpaired) electrons. The molecule has 0 saturated heterocycles. The van der Waals surface area contributed by atoms with Gasteiger partial charge in [0.2, 0.25) is 0 Å². The molecule has 0 aliphatic rings. The average molecular weight is 423 g/mol. The van der Waals surface area contributed by atoms with Crippen molar-refractivity contribution in [1.82, 2.24) is 19.7 Å². The van der Waals surface area contributed by atoms with Crippen molar-refractivity contribution in [3.63, 3.8) is 0 Å². The maximum atomic E-state index is 13.3. The highest BCUT2D eigenvalue weighted by Gasteiger charge is 2.35. The number of nitrogens with zero attached hydrogens (tertiary/aromatic N) is 5. The van der Waals surface area contributed by atoms with Crippen LogP contribution < -0.4 is 4.90 Å². The van der Waals surface area contributed by atoms with Crippen molar-refractivity contribution in [3.8, 4) is 16.9 Å². The third kappa shape index (κ3) is 4.16. The summed E-state index contributed by atoms with van der Waals surface area (Å²) in [6.07, 6.45) is 1.57. The van der Waals surface area contributed by atoms with Crippen molar-refractivity contribution in [2.75, 3.05) is 11.9 Å². The second-order valence-electron chi connectivity index (χ2n) is 6.68. The van der Waals surface area contributed by atoms with Crippen LogP contribution in [0.15, 0.2) is 79.4 Å². The van der Waals surface area contributed by atoms with Gasteiger partial charge in [0.25, 0.3) is 5.91 Å². The second kappa shape index (κ2) is 8.02. The largest absolute Gasteiger partial charge is 0.435 e. The van der Waals surface area contributed by atoms with Crippen molar-refractivity contribution < 1.29 is 18.0 Å². The predicted molar refractivity (Wildman–Crippen MR) is 109 cm³/mol. The van der Waals surface area contributed by atoms with E-state index in [-0.39, 0.29) is 11.6 Å². The molecule has 156 valence electrons. The molecule has 0 aliphatic heterocycles. The zero-order valence-corrected chi connectivity index (χ0v) is 16.3. The summed E-state index contributed by atoms with van der Waals surface area (Å²) in [5, 5.41) is 3.75. The fourth-order valence-electron chi connectivity index (χ4n) is 3.06. The highest BCUT2D eigenvalue weighted by molar-refractivity contribution is 6.05. The first kappa shape index (κ1) is 20.3. The van der Waals surface area contributed by atoms with Crippen LogP contribution in [0.25, 0.3) is 16.9 Å². The quantitative estimate of drug-likeness (QED) is 0.480. The molecule has 4 aromatic rings. The van der Waals surface area contributed by atoms with Gasteiger partial charge in [-0.3, -0.25) is 14.8 Å². The third-order valence-electron chi connectivity index (χ3n) is 4.67. The number of halogens is 3. The van der Waals surface area contributed by atoms with Crippen LogP contribution in [0.5, 0.6) is 0 Å². The fourth-order valence-corrected chi connectivity index (χ4v) is 3.06. The average Bonchev–Trinajstić information content (AvgIpc) is 3.26. The molecule has 0 N–H and O–H groups in total. The van der Waals surface area contributed by atoms with E-state index in [1.807, 2.05) is 0 Å². The van der Waals surface area contributed by atoms with Gasteiger partial charge in [0.1, 0.15) is 0 Å². The third-order valence-corrected chi connectivity index (χ3v) is 4.67. The first-order chi connectivity index (χ1) is 14.8. The molecular weight excluding hydrogens is 407 g/mol. The van der Waals surface area contributed by atoms with Gasteiger partial charge in [-0.25, -0.2) is 4.68 Å². The van der Waals surface area contributed by atoms with E-state index in [2.05, 4.69) is 15.1 Å². The number of alkyl halides is 3. The molecule has 3 heterocycles. The molecule has 6 nitrogen and oxygen atoms in total. The van der Waals surface area contributed by atoms with Crippen molar-refractivity contribution in [2.45, 2.75) is 6.18 Å². The van der Waals surface area contributed by atoms with Gasteiger partial charge >= 0.3 is 6.18 Å². The lowest BCUT2D eigenvalue weighted by Crippen LogP contribution is -2.26. The van der Waals surface area contributed by atoms with Gasteiger partial charge in [-0.15, -0.1) is 0 Å². The smallest absolute Gasteiger partial charge is 0.311 e. The van der Waals surface area contributed by atoms with Crippen molar-refractivity contribution in [3.05, 3.63) is 90.6 Å². The van der Waals surface area contributed by atoms with E-state index in [1.54, 1.807) is 68.0 Å². The normalized spacial score (nSPS) is 11.4. The summed E-state index contributed by atoms with van der Waals surface area (Å²) >= 11 is 0. The Bertz CT molecular complexity index is 1190. The molecule has 31 heavy (non-hydrogen) atoms. The molecule has 0 unspecified atom stereocenters. The van der Waals surface area contributed by atoms with E-state index < -0.39 is 11.9 Å². The molecule has 0 saturated carbocycles. The summed E-state index contributed by atoms with van der Waals surface area (Å²) in [5.41, 5.74) is 1.16. The molecule has 4 rings (SSSR count). The zero-order chi connectivity index (χ0) is 22.0. The van der Waals surface area contributed by atoms with Crippen molar-refractivity contribution >= 4 is 11.6 Å². The van der Waals surface area contributed by atoms with Crippen molar-refractivity contribution in [2.24, 2.45) is 0 Å². The monoisotopic (exact) mass is 423 g/mol. The molecule has 0 atom stereocenters. The van der Waals surface area contributed by atoms with E-state index in [0.717, 1.165) is 6.07 Å². The second-order valence-corrected chi connectivity index (χ2v) is 6.68. The van der Waals surface area contributed by atoms with E-state index in [0.29, 0.717) is 22.5 Å². The van der Waals surface area contributed by atoms with Crippen LogP contribution in [0.2, 0.25) is 0 Å². The number of carbonyl (C=O) groups excluding carboxylic acids is 1. The first-order valence-corrected chi connectivity index (χ1v) is 9.21. The van der Waals surface area contributed by atoms with Gasteiger partial charge in [0.05, 0.1) is 11.4 Å². The number of pyridine rings is 2. The van der Waals surface area contributed by atoms with Crippen LogP contribution in [-0.2, 0) is 6.18 Å². The highest BCUT2D eigenvalue weighted by atomic mass is 19.4. The summed E-state index contributed by atoms with van der Waals surface area (Å²) in [6, 6.07) is 13.9. The minimum atomic E-state index is -4.59. The van der Waals surface area contributed by atoms with Gasteiger partial charge < -0.3 is 4.90 Å². The lowest BCUT2D eigenvalue weighted by atomic mass is 10.1. The number of rotatable bonds is 4. The molecule has 0 aliphatic carbocycles. The summed E-state index contributed by atoms with van der Waals surface area (Å²) in [4.78, 5) is 22.1. The van der Waals surface area contributed by atoms with E-state index in [1.165, 1.54) is 22.0 Å². The number of hydrogen-bond donors (Lipinski definition) is 0. The maximum Gasteiger partial charge on any atom is 0.435 e. The number of anilines is 1. The number of carbonyl (C=O) groups is 1. The van der Waals surface area contributed by atoms with Gasteiger partial charge in [-0.2, -0.15) is 18.3 Å². The highest BCUT2D eigenvalue weighted by Crippen LogP contribution is 2.33. The van der Waals surface area contributed by atoms with Gasteiger partial charge in [0.15, 0.2) is 5.69 Å². The Balaban J connectivity index is 1.69. The Morgan fingerprint density at radius 2 is 1.68 bits per heavy atom. The Kier molecular flexibility index (Phi) is 5.24. The molecule has 1 aromatic carbocycles. The summed E-state index contributed by atoms with van der Waals surface area (Å²) in [6.45, 7) is 0. The van der Waals surface area contributed by atoms with E-state index >= 15 is 0 Å². The van der Waals surface area contributed by atoms with Crippen LogP contribution in [0.1, 0.15) is 16.1 Å². The van der Waals surface area contributed by atoms with Crippen LogP contribution in [0.4, 0.5) is 18.9 Å². The van der Waals surface area contributed by atoms with Crippen LogP contribution in [0.3, 0.4) is 0 Å². The molecule has 9 heteroatoms. The Labute approximate surface area is 175 Å². The topological polar surface area (TPSA) is 63.9 Å². The molecule has 1 amide bonds. The van der Waals surface area contributed by atoms with Gasteiger partial charge in [0, 0.05) is 48.6 Å². The standard InChI is InChI=1S/C22H16F3N5O/c1-29(17-8-11-26-12-9-17)21(31)15-4-6-18(7-5-15)30-19(16-3-2-10-27-14-16)13-20(28-30)22(23,24)25/h2-14H,1H3. The van der Waals surface area contributed by atoms with Crippen molar-refractivity contribution in [1.29, 1.82) is 0 Å². The lowest BCUT2D eigenvalue weighted by Gasteiger charge is -2.17. The SMILES string of the molecule is CN(C(=O)c1ccc(-n2nc(C(F)(F)F)cc2-c2cccnc2)cc1)c1ccncc1. The summed E-state index contributed by atoms with van der Waals surface area (Å²) < 4.78 is 41.1. The molecule has 0 bridgehead atoms. The van der Waals surface area contributed by atoms with Crippen LogP contribution in [-0.4, -0.2) is 32.7 Å². The molecule has 3 aromatic heterocycles. The number of hydrogen-bond acceptors (Lipinski definition) is 4. The van der Waals surface area contributed by atoms with Gasteiger partial charge in [-0.05, 0) is 54.6 Å².